The first kappa shape index (κ1) is 19.1. The minimum atomic E-state index is -3.91. The Morgan fingerprint density at radius 2 is 1.87 bits per heavy atom. The molecular formula is C13H22N4O5S. The van der Waals surface area contributed by atoms with Crippen LogP contribution in [-0.4, -0.2) is 47.8 Å². The van der Waals surface area contributed by atoms with Gasteiger partial charge in [-0.3, -0.25) is 14.3 Å². The van der Waals surface area contributed by atoms with Crippen LogP contribution in [0.4, 0.5) is 0 Å². The molecule has 0 aliphatic rings. The van der Waals surface area contributed by atoms with Crippen molar-refractivity contribution in [2.45, 2.75) is 38.6 Å². The smallest absolute Gasteiger partial charge is 0.308 e. The molecule has 0 aliphatic carbocycles. The molecule has 1 aromatic heterocycles. The fourth-order valence-corrected chi connectivity index (χ4v) is 3.62. The van der Waals surface area contributed by atoms with E-state index in [0.29, 0.717) is 11.4 Å². The Morgan fingerprint density at radius 1 is 1.30 bits per heavy atom. The molecule has 1 aromatic rings. The van der Waals surface area contributed by atoms with Gasteiger partial charge in [0.2, 0.25) is 15.9 Å². The quantitative estimate of drug-likeness (QED) is 0.612. The van der Waals surface area contributed by atoms with Crippen LogP contribution in [0.2, 0.25) is 0 Å². The Labute approximate surface area is 135 Å². The van der Waals surface area contributed by atoms with Crippen molar-refractivity contribution in [3.05, 3.63) is 11.4 Å². The number of amides is 1. The average Bonchev–Trinajstić information content (AvgIpc) is 2.68. The maximum absolute atomic E-state index is 12.4. The maximum Gasteiger partial charge on any atom is 0.308 e. The van der Waals surface area contributed by atoms with Crippen LogP contribution in [0.25, 0.3) is 0 Å². The SMILES string of the molecule is Cc1nn(C)c(C)c1S(=O)(=O)NC(C)C(=O)NCC(C)C(=O)O. The summed E-state index contributed by atoms with van der Waals surface area (Å²) in [6, 6.07) is -1.04. The van der Waals surface area contributed by atoms with Gasteiger partial charge in [-0.05, 0) is 20.8 Å². The number of aryl methyl sites for hydroxylation is 2. The van der Waals surface area contributed by atoms with E-state index < -0.39 is 33.9 Å². The van der Waals surface area contributed by atoms with Gasteiger partial charge in [0.25, 0.3) is 0 Å². The molecule has 0 fully saturated rings. The van der Waals surface area contributed by atoms with E-state index in [2.05, 4.69) is 15.1 Å². The predicted octanol–water partition coefficient (Wildman–Crippen LogP) is -0.459. The molecule has 0 aliphatic heterocycles. The van der Waals surface area contributed by atoms with E-state index in [-0.39, 0.29) is 11.4 Å². The number of rotatable bonds is 7. The van der Waals surface area contributed by atoms with Crippen LogP contribution in [0.1, 0.15) is 25.2 Å². The summed E-state index contributed by atoms with van der Waals surface area (Å²) < 4.78 is 28.5. The molecule has 9 nitrogen and oxygen atoms in total. The topological polar surface area (TPSA) is 130 Å². The van der Waals surface area contributed by atoms with Gasteiger partial charge < -0.3 is 10.4 Å². The summed E-state index contributed by atoms with van der Waals surface area (Å²) >= 11 is 0. The van der Waals surface area contributed by atoms with Gasteiger partial charge in [0.05, 0.1) is 23.3 Å². The van der Waals surface area contributed by atoms with Crippen LogP contribution >= 0.6 is 0 Å². The number of hydrogen-bond donors (Lipinski definition) is 3. The van der Waals surface area contributed by atoms with Crippen LogP contribution in [0.5, 0.6) is 0 Å². The number of hydrogen-bond acceptors (Lipinski definition) is 5. The lowest BCUT2D eigenvalue weighted by Crippen LogP contribution is -2.46. The fraction of sp³-hybridized carbons (Fsp3) is 0.615. The summed E-state index contributed by atoms with van der Waals surface area (Å²) in [6.07, 6.45) is 0. The van der Waals surface area contributed by atoms with Crippen molar-refractivity contribution in [2.75, 3.05) is 6.54 Å². The molecule has 0 aromatic carbocycles. The molecule has 3 N–H and O–H groups in total. The van der Waals surface area contributed by atoms with Gasteiger partial charge in [-0.15, -0.1) is 0 Å². The van der Waals surface area contributed by atoms with Crippen molar-refractivity contribution in [3.63, 3.8) is 0 Å². The largest absolute Gasteiger partial charge is 0.481 e. The number of carbonyl (C=O) groups is 2. The molecule has 0 radical (unpaired) electrons. The van der Waals surface area contributed by atoms with E-state index >= 15 is 0 Å². The third-order valence-corrected chi connectivity index (χ3v) is 5.23. The molecule has 2 atom stereocenters. The minimum absolute atomic E-state index is 0.0403. The summed E-state index contributed by atoms with van der Waals surface area (Å²) in [4.78, 5) is 22.6. The van der Waals surface area contributed by atoms with Gasteiger partial charge in [0.1, 0.15) is 4.90 Å². The minimum Gasteiger partial charge on any atom is -0.481 e. The fourth-order valence-electron chi connectivity index (χ4n) is 1.98. The van der Waals surface area contributed by atoms with Crippen molar-refractivity contribution >= 4 is 21.9 Å². The lowest BCUT2D eigenvalue weighted by Gasteiger charge is -2.15. The number of carboxylic acids is 1. The molecule has 2 unspecified atom stereocenters. The highest BCUT2D eigenvalue weighted by molar-refractivity contribution is 7.89. The second-order valence-corrected chi connectivity index (χ2v) is 7.10. The molecule has 1 amide bonds. The molecule has 1 rings (SSSR count). The summed E-state index contributed by atoms with van der Waals surface area (Å²) in [5, 5.41) is 15.2. The summed E-state index contributed by atoms with van der Waals surface area (Å²) in [5.41, 5.74) is 0.798. The van der Waals surface area contributed by atoms with E-state index in [1.165, 1.54) is 18.5 Å². The lowest BCUT2D eigenvalue weighted by molar-refractivity contribution is -0.141. The zero-order chi connectivity index (χ0) is 17.9. The zero-order valence-electron chi connectivity index (χ0n) is 13.7. The first-order chi connectivity index (χ1) is 10.5. The van der Waals surface area contributed by atoms with E-state index in [1.807, 2.05) is 0 Å². The Kier molecular flexibility index (Phi) is 5.89. The molecule has 10 heteroatoms. The van der Waals surface area contributed by atoms with Gasteiger partial charge >= 0.3 is 5.97 Å². The normalized spacial score (nSPS) is 14.3. The first-order valence-electron chi connectivity index (χ1n) is 7.00. The van der Waals surface area contributed by atoms with Gasteiger partial charge in [-0.1, -0.05) is 6.92 Å². The zero-order valence-corrected chi connectivity index (χ0v) is 14.6. The van der Waals surface area contributed by atoms with Crippen molar-refractivity contribution < 1.29 is 23.1 Å². The summed E-state index contributed by atoms with van der Waals surface area (Å²) in [6.45, 7) is 5.94. The summed E-state index contributed by atoms with van der Waals surface area (Å²) in [5.74, 6) is -2.40. The first-order valence-corrected chi connectivity index (χ1v) is 8.48. The van der Waals surface area contributed by atoms with Gasteiger partial charge in [0.15, 0.2) is 0 Å². The number of nitrogens with one attached hydrogen (secondary N) is 2. The van der Waals surface area contributed by atoms with E-state index in [9.17, 15) is 18.0 Å². The van der Waals surface area contributed by atoms with Crippen LogP contribution in [0, 0.1) is 19.8 Å². The van der Waals surface area contributed by atoms with Crippen LogP contribution in [0.15, 0.2) is 4.90 Å². The predicted molar refractivity (Wildman–Crippen MR) is 82.3 cm³/mol. The van der Waals surface area contributed by atoms with Crippen molar-refractivity contribution in [3.8, 4) is 0 Å². The van der Waals surface area contributed by atoms with Crippen LogP contribution < -0.4 is 10.0 Å². The van der Waals surface area contributed by atoms with Crippen molar-refractivity contribution in [2.24, 2.45) is 13.0 Å². The van der Waals surface area contributed by atoms with Crippen molar-refractivity contribution in [1.29, 1.82) is 0 Å². The second-order valence-electron chi connectivity index (χ2n) is 5.45. The number of carboxylic acid groups (broad SMARTS) is 1. The second kappa shape index (κ2) is 7.09. The van der Waals surface area contributed by atoms with Crippen LogP contribution in [0.3, 0.4) is 0 Å². The van der Waals surface area contributed by atoms with Crippen LogP contribution in [-0.2, 0) is 26.7 Å². The average molecular weight is 346 g/mol. The monoisotopic (exact) mass is 346 g/mol. The van der Waals surface area contributed by atoms with Crippen molar-refractivity contribution in [1.82, 2.24) is 19.8 Å². The third kappa shape index (κ3) is 4.52. The molecule has 0 bridgehead atoms. The molecule has 0 saturated carbocycles. The lowest BCUT2D eigenvalue weighted by atomic mass is 10.2. The van der Waals surface area contributed by atoms with E-state index in [1.54, 1.807) is 20.9 Å². The maximum atomic E-state index is 12.4. The highest BCUT2D eigenvalue weighted by Crippen LogP contribution is 2.18. The Morgan fingerprint density at radius 3 is 2.30 bits per heavy atom. The Balaban J connectivity index is 2.81. The van der Waals surface area contributed by atoms with E-state index in [4.69, 9.17) is 5.11 Å². The van der Waals surface area contributed by atoms with Gasteiger partial charge in [0, 0.05) is 13.6 Å². The molecule has 0 saturated heterocycles. The van der Waals surface area contributed by atoms with E-state index in [0.717, 1.165) is 0 Å². The Hall–Kier alpha value is -1.94. The number of nitrogens with zero attached hydrogens (tertiary/aromatic N) is 2. The van der Waals surface area contributed by atoms with Gasteiger partial charge in [-0.2, -0.15) is 9.82 Å². The molecule has 130 valence electrons. The highest BCUT2D eigenvalue weighted by atomic mass is 32.2. The number of sulfonamides is 1. The third-order valence-electron chi connectivity index (χ3n) is 3.44. The standard InChI is InChI=1S/C13H22N4O5S/c1-7(13(19)20)6-14-12(18)9(3)16-23(21,22)11-8(2)15-17(5)10(11)4/h7,9,16H,6H2,1-5H3,(H,14,18)(H,19,20). The summed E-state index contributed by atoms with van der Waals surface area (Å²) in [7, 11) is -2.28. The molecular weight excluding hydrogens is 324 g/mol. The Bertz CT molecular complexity index is 710. The molecule has 23 heavy (non-hydrogen) atoms. The van der Waals surface area contributed by atoms with Gasteiger partial charge in [-0.25, -0.2) is 8.42 Å². The number of aromatic nitrogens is 2. The highest BCUT2D eigenvalue weighted by Gasteiger charge is 2.28. The molecule has 0 spiro atoms. The number of carbonyl (C=O) groups excluding carboxylic acids is 1. The number of aliphatic carboxylic acids is 1. The molecule has 1 heterocycles.